The van der Waals surface area contributed by atoms with Crippen molar-refractivity contribution in [3.8, 4) is 12.3 Å². The normalized spacial score (nSPS) is 21.7. The molecule has 1 fully saturated rings. The van der Waals surface area contributed by atoms with Gasteiger partial charge in [0, 0.05) is 20.8 Å². The van der Waals surface area contributed by atoms with Crippen molar-refractivity contribution < 1.29 is 38.1 Å². The first-order valence-corrected chi connectivity index (χ1v) is 13.9. The van der Waals surface area contributed by atoms with Gasteiger partial charge in [0.2, 0.25) is 5.91 Å². The summed E-state index contributed by atoms with van der Waals surface area (Å²) in [5, 5.41) is 2.70. The van der Waals surface area contributed by atoms with E-state index in [0.29, 0.717) is 0 Å². The second kappa shape index (κ2) is 14.6. The van der Waals surface area contributed by atoms with Gasteiger partial charge in [-0.05, 0) is 16.7 Å². The minimum absolute atomic E-state index is 0.142. The van der Waals surface area contributed by atoms with Gasteiger partial charge in [0.1, 0.15) is 24.4 Å². The molecule has 3 aromatic carbocycles. The predicted octanol–water partition coefficient (Wildman–Crippen LogP) is 3.74. The van der Waals surface area contributed by atoms with Crippen LogP contribution in [0.15, 0.2) is 91.0 Å². The van der Waals surface area contributed by atoms with Crippen LogP contribution in [0, 0.1) is 12.3 Å². The fraction of sp³-hybridized carbons (Fsp3) is 0.324. The Morgan fingerprint density at radius 3 is 1.67 bits per heavy atom. The zero-order valence-electron chi connectivity index (χ0n) is 24.3. The van der Waals surface area contributed by atoms with E-state index in [2.05, 4.69) is 11.2 Å². The maximum Gasteiger partial charge on any atom is 0.303 e. The van der Waals surface area contributed by atoms with Crippen LogP contribution in [0.4, 0.5) is 0 Å². The Morgan fingerprint density at radius 1 is 0.791 bits per heavy atom. The van der Waals surface area contributed by atoms with E-state index in [1.54, 1.807) is 0 Å². The van der Waals surface area contributed by atoms with Gasteiger partial charge in [-0.1, -0.05) is 96.9 Å². The number of carbonyl (C=O) groups excluding carboxylic acids is 3. The van der Waals surface area contributed by atoms with Gasteiger partial charge in [0.25, 0.3) is 0 Å². The monoisotopic (exact) mass is 585 g/mol. The van der Waals surface area contributed by atoms with Gasteiger partial charge >= 0.3 is 11.9 Å². The van der Waals surface area contributed by atoms with E-state index in [9.17, 15) is 14.4 Å². The molecule has 43 heavy (non-hydrogen) atoms. The second-order valence-corrected chi connectivity index (χ2v) is 10.0. The van der Waals surface area contributed by atoms with E-state index in [0.717, 1.165) is 16.7 Å². The van der Waals surface area contributed by atoms with Crippen LogP contribution < -0.4 is 5.32 Å². The molecule has 0 aromatic heterocycles. The first-order chi connectivity index (χ1) is 20.8. The molecule has 9 nitrogen and oxygen atoms in total. The van der Waals surface area contributed by atoms with E-state index in [-0.39, 0.29) is 13.2 Å². The lowest BCUT2D eigenvalue weighted by Gasteiger charge is -2.46. The molecule has 1 heterocycles. The Morgan fingerprint density at radius 2 is 1.26 bits per heavy atom. The molecule has 3 aromatic rings. The number of nitrogens with one attached hydrogen (secondary N) is 1. The topological polar surface area (TPSA) is 109 Å². The predicted molar refractivity (Wildman–Crippen MR) is 157 cm³/mol. The van der Waals surface area contributed by atoms with Crippen molar-refractivity contribution >= 4 is 17.8 Å². The average molecular weight is 586 g/mol. The Balaban J connectivity index is 1.82. The highest BCUT2D eigenvalue weighted by atomic mass is 16.7. The van der Waals surface area contributed by atoms with Gasteiger partial charge in [-0.3, -0.25) is 14.4 Å². The second-order valence-electron chi connectivity index (χ2n) is 10.0. The molecule has 1 aliphatic rings. The van der Waals surface area contributed by atoms with E-state index in [4.69, 9.17) is 30.1 Å². The minimum atomic E-state index is -1.17. The summed E-state index contributed by atoms with van der Waals surface area (Å²) in [6.07, 6.45) is 0.961. The SMILES string of the molecule is C#CCO[C@@H]1O[C@H](COC(c2ccccc2)(c2ccccc2)c2ccccc2)[C@@H](OC(C)=O)[C@H](OC(C)=O)[C@H]1NC(C)=O. The van der Waals surface area contributed by atoms with Crippen molar-refractivity contribution in [2.45, 2.75) is 57.0 Å². The summed E-state index contributed by atoms with van der Waals surface area (Å²) in [6.45, 7) is 3.46. The van der Waals surface area contributed by atoms with Crippen molar-refractivity contribution in [3.05, 3.63) is 108 Å². The molecule has 9 heteroatoms. The molecular formula is C34H35NO8. The molecule has 0 bridgehead atoms. The van der Waals surface area contributed by atoms with Gasteiger partial charge < -0.3 is 29.0 Å². The van der Waals surface area contributed by atoms with E-state index >= 15 is 0 Å². The third-order valence-corrected chi connectivity index (χ3v) is 6.96. The summed E-state index contributed by atoms with van der Waals surface area (Å²) in [4.78, 5) is 36.8. The lowest BCUT2D eigenvalue weighted by Crippen LogP contribution is -2.66. The molecule has 1 saturated heterocycles. The number of amides is 1. The first-order valence-electron chi connectivity index (χ1n) is 13.9. The molecule has 0 spiro atoms. The summed E-state index contributed by atoms with van der Waals surface area (Å²) >= 11 is 0. The van der Waals surface area contributed by atoms with Crippen molar-refractivity contribution in [1.29, 1.82) is 0 Å². The maximum absolute atomic E-state index is 12.3. The molecule has 0 radical (unpaired) electrons. The summed E-state index contributed by atoms with van der Waals surface area (Å²) in [5.41, 5.74) is 1.43. The molecular weight excluding hydrogens is 550 g/mol. The van der Waals surface area contributed by atoms with Gasteiger partial charge in [0.05, 0.1) is 6.61 Å². The molecule has 1 N–H and O–H groups in total. The highest BCUT2D eigenvalue weighted by molar-refractivity contribution is 5.73. The largest absolute Gasteiger partial charge is 0.456 e. The summed E-state index contributed by atoms with van der Waals surface area (Å²) in [7, 11) is 0. The standard InChI is InChI=1S/C34H35NO8/c1-5-21-39-33-30(35-23(2)36)32(42-25(4)38)31(41-24(3)37)29(43-33)22-40-34(26-15-9-6-10-16-26,27-17-11-7-12-18-27)28-19-13-8-14-20-28/h1,6-20,29-33H,21-22H2,2-4H3,(H,35,36)/t29-,30-,31-,32-,33-/m1/s1. The number of rotatable bonds is 11. The molecule has 5 atom stereocenters. The number of esters is 2. The zero-order chi connectivity index (χ0) is 30.8. The van der Waals surface area contributed by atoms with E-state index < -0.39 is 54.1 Å². The summed E-state index contributed by atoms with van der Waals surface area (Å²) in [5.74, 6) is 0.658. The summed E-state index contributed by atoms with van der Waals surface area (Å²) in [6, 6.07) is 28.1. The smallest absolute Gasteiger partial charge is 0.303 e. The average Bonchev–Trinajstić information content (AvgIpc) is 3.00. The Kier molecular flexibility index (Phi) is 10.7. The quantitative estimate of drug-likeness (QED) is 0.206. The Bertz CT molecular complexity index is 1310. The third-order valence-electron chi connectivity index (χ3n) is 6.96. The molecule has 0 unspecified atom stereocenters. The lowest BCUT2D eigenvalue weighted by atomic mass is 9.80. The fourth-order valence-corrected chi connectivity index (χ4v) is 5.34. The molecule has 4 rings (SSSR count). The highest BCUT2D eigenvalue weighted by Gasteiger charge is 2.52. The van der Waals surface area contributed by atoms with Crippen LogP contribution in [-0.4, -0.2) is 61.7 Å². The maximum atomic E-state index is 12.3. The number of terminal acetylenes is 1. The molecule has 0 saturated carbocycles. The third kappa shape index (κ3) is 7.48. The number of carbonyl (C=O) groups is 3. The first kappa shape index (κ1) is 31.4. The Hall–Kier alpha value is -4.49. The molecule has 1 amide bonds. The highest BCUT2D eigenvalue weighted by Crippen LogP contribution is 2.41. The zero-order valence-corrected chi connectivity index (χ0v) is 24.3. The van der Waals surface area contributed by atoms with Crippen LogP contribution >= 0.6 is 0 Å². The lowest BCUT2D eigenvalue weighted by molar-refractivity contribution is -0.279. The van der Waals surface area contributed by atoms with E-state index in [1.807, 2.05) is 91.0 Å². The Labute approximate surface area is 251 Å². The van der Waals surface area contributed by atoms with Crippen molar-refractivity contribution in [2.24, 2.45) is 0 Å². The summed E-state index contributed by atoms with van der Waals surface area (Å²) < 4.78 is 30.3. The molecule has 1 aliphatic heterocycles. The molecule has 0 aliphatic carbocycles. The van der Waals surface area contributed by atoms with Gasteiger partial charge in [-0.25, -0.2) is 0 Å². The van der Waals surface area contributed by atoms with E-state index in [1.165, 1.54) is 20.8 Å². The number of hydrogen-bond acceptors (Lipinski definition) is 8. The minimum Gasteiger partial charge on any atom is -0.456 e. The van der Waals surface area contributed by atoms with Crippen molar-refractivity contribution in [2.75, 3.05) is 13.2 Å². The van der Waals surface area contributed by atoms with Crippen LogP contribution in [0.3, 0.4) is 0 Å². The fourth-order valence-electron chi connectivity index (χ4n) is 5.34. The number of ether oxygens (including phenoxy) is 5. The number of hydrogen-bond donors (Lipinski definition) is 1. The van der Waals surface area contributed by atoms with Crippen LogP contribution in [0.25, 0.3) is 0 Å². The molecule has 224 valence electrons. The van der Waals surface area contributed by atoms with Crippen LogP contribution in [0.5, 0.6) is 0 Å². The van der Waals surface area contributed by atoms with Crippen LogP contribution in [-0.2, 0) is 43.7 Å². The van der Waals surface area contributed by atoms with Crippen molar-refractivity contribution in [1.82, 2.24) is 5.32 Å². The number of benzene rings is 3. The van der Waals surface area contributed by atoms with Crippen molar-refractivity contribution in [3.63, 3.8) is 0 Å². The van der Waals surface area contributed by atoms with Gasteiger partial charge in [-0.15, -0.1) is 6.42 Å². The van der Waals surface area contributed by atoms with Crippen LogP contribution in [0.2, 0.25) is 0 Å². The van der Waals surface area contributed by atoms with Gasteiger partial charge in [-0.2, -0.15) is 0 Å². The van der Waals surface area contributed by atoms with Crippen LogP contribution in [0.1, 0.15) is 37.5 Å². The van der Waals surface area contributed by atoms with Gasteiger partial charge in [0.15, 0.2) is 18.5 Å².